The van der Waals surface area contributed by atoms with Crippen molar-refractivity contribution in [2.45, 2.75) is 50.4 Å². The molecule has 1 amide bonds. The molecule has 0 aliphatic carbocycles. The lowest BCUT2D eigenvalue weighted by Crippen LogP contribution is -2.23. The zero-order chi connectivity index (χ0) is 24.8. The zero-order valence-corrected chi connectivity index (χ0v) is 19.4. The van der Waals surface area contributed by atoms with Crippen molar-refractivity contribution in [3.8, 4) is 5.75 Å². The van der Waals surface area contributed by atoms with Gasteiger partial charge in [0.15, 0.2) is 5.78 Å². The van der Waals surface area contributed by atoms with Gasteiger partial charge in [0, 0.05) is 11.1 Å². The van der Waals surface area contributed by atoms with E-state index in [2.05, 4.69) is 5.32 Å². The third-order valence-electron chi connectivity index (χ3n) is 4.78. The van der Waals surface area contributed by atoms with E-state index in [1.807, 2.05) is 0 Å². The second-order valence-corrected chi connectivity index (χ2v) is 10.5. The summed E-state index contributed by atoms with van der Waals surface area (Å²) < 4.78 is 61.4. The van der Waals surface area contributed by atoms with E-state index in [0.29, 0.717) is 17.7 Å². The number of aromatic hydroxyl groups is 1. The predicted octanol–water partition coefficient (Wildman–Crippen LogP) is 5.40. The first kappa shape index (κ1) is 25.7. The minimum Gasteiger partial charge on any atom is -0.507 e. The molecule has 0 bridgehead atoms. The van der Waals surface area contributed by atoms with Crippen molar-refractivity contribution in [1.82, 2.24) is 0 Å². The van der Waals surface area contributed by atoms with Crippen LogP contribution in [0.5, 0.6) is 5.75 Å². The normalized spacial score (nSPS) is 12.5. The predicted molar refractivity (Wildman–Crippen MR) is 114 cm³/mol. The van der Waals surface area contributed by atoms with E-state index in [4.69, 9.17) is 11.6 Å². The van der Waals surface area contributed by atoms with E-state index >= 15 is 0 Å². The number of nitrogens with one attached hydrogen (secondary N) is 1. The second kappa shape index (κ2) is 8.40. The summed E-state index contributed by atoms with van der Waals surface area (Å²) in [5.74, 6) is -1.56. The number of anilines is 1. The first-order chi connectivity index (χ1) is 14.4. The number of carbonyl (C=O) groups is 2. The van der Waals surface area contributed by atoms with E-state index in [9.17, 15) is 36.3 Å². The Hall–Kier alpha value is -2.59. The van der Waals surface area contributed by atoms with E-state index in [-0.39, 0.29) is 33.9 Å². The summed E-state index contributed by atoms with van der Waals surface area (Å²) in [4.78, 5) is 24.0. The number of phenols is 1. The first-order valence-electron chi connectivity index (χ1n) is 9.19. The molecular formula is C21H21ClF3NO5S. The van der Waals surface area contributed by atoms with Crippen LogP contribution >= 0.6 is 11.6 Å². The highest BCUT2D eigenvalue weighted by Crippen LogP contribution is 2.38. The van der Waals surface area contributed by atoms with Crippen molar-refractivity contribution < 1.29 is 36.3 Å². The topological polar surface area (TPSA) is 101 Å². The molecule has 0 aliphatic rings. The highest BCUT2D eigenvalue weighted by molar-refractivity contribution is 7.92. The SMILES string of the molecule is CC(=O)c1cc(C(C)(C)C)c(O)c(C(=O)Nc2ccc(S(=O)(=O)C(F)(F)F)cc2Cl)c1C. The van der Waals surface area contributed by atoms with E-state index in [1.165, 1.54) is 19.9 Å². The van der Waals surface area contributed by atoms with E-state index in [0.717, 1.165) is 6.07 Å². The van der Waals surface area contributed by atoms with Gasteiger partial charge in [-0.3, -0.25) is 9.59 Å². The molecule has 0 heterocycles. The van der Waals surface area contributed by atoms with Gasteiger partial charge in [-0.05, 0) is 49.1 Å². The fourth-order valence-electron chi connectivity index (χ4n) is 3.07. The molecule has 0 aliphatic heterocycles. The molecule has 0 atom stereocenters. The number of phenolic OH excluding ortho intramolecular Hbond substituents is 1. The van der Waals surface area contributed by atoms with Gasteiger partial charge in [0.2, 0.25) is 0 Å². The molecule has 6 nitrogen and oxygen atoms in total. The maximum absolute atomic E-state index is 13.0. The average molecular weight is 492 g/mol. The van der Waals surface area contributed by atoms with Gasteiger partial charge in [-0.15, -0.1) is 0 Å². The lowest BCUT2D eigenvalue weighted by molar-refractivity contribution is -0.0436. The number of rotatable bonds is 4. The minimum atomic E-state index is -5.62. The Morgan fingerprint density at radius 2 is 1.66 bits per heavy atom. The quantitative estimate of drug-likeness (QED) is 0.558. The summed E-state index contributed by atoms with van der Waals surface area (Å²) in [6.45, 7) is 8.11. The molecule has 0 saturated heterocycles. The molecule has 32 heavy (non-hydrogen) atoms. The zero-order valence-electron chi connectivity index (χ0n) is 17.8. The summed E-state index contributed by atoms with van der Waals surface area (Å²) in [5.41, 5.74) is -5.75. The van der Waals surface area contributed by atoms with Crippen molar-refractivity contribution >= 4 is 38.8 Å². The van der Waals surface area contributed by atoms with Crippen molar-refractivity contribution in [3.05, 3.63) is 51.5 Å². The van der Waals surface area contributed by atoms with E-state index < -0.39 is 36.6 Å². The Morgan fingerprint density at radius 3 is 2.09 bits per heavy atom. The molecule has 0 saturated carbocycles. The Kier molecular flexibility index (Phi) is 6.74. The minimum absolute atomic E-state index is 0.179. The molecule has 2 N–H and O–H groups in total. The number of carbonyl (C=O) groups excluding carboxylic acids is 2. The van der Waals surface area contributed by atoms with Crippen molar-refractivity contribution in [3.63, 3.8) is 0 Å². The molecule has 0 unspecified atom stereocenters. The van der Waals surface area contributed by atoms with Gasteiger partial charge in [0.05, 0.1) is 21.2 Å². The van der Waals surface area contributed by atoms with Crippen molar-refractivity contribution in [1.29, 1.82) is 0 Å². The van der Waals surface area contributed by atoms with Crippen LogP contribution < -0.4 is 5.32 Å². The molecule has 0 aromatic heterocycles. The van der Waals surface area contributed by atoms with Crippen LogP contribution in [-0.4, -0.2) is 30.7 Å². The lowest BCUT2D eigenvalue weighted by atomic mass is 9.81. The number of Topliss-reactive ketones (excluding diaryl/α,β-unsaturated/α-hetero) is 1. The van der Waals surface area contributed by atoms with Gasteiger partial charge in [0.1, 0.15) is 5.75 Å². The highest BCUT2D eigenvalue weighted by atomic mass is 35.5. The van der Waals surface area contributed by atoms with Crippen LogP contribution in [0.3, 0.4) is 0 Å². The van der Waals surface area contributed by atoms with Crippen LogP contribution in [0.2, 0.25) is 5.02 Å². The third-order valence-corrected chi connectivity index (χ3v) is 6.57. The number of ketones is 1. The van der Waals surface area contributed by atoms with Crippen LogP contribution in [0.15, 0.2) is 29.2 Å². The monoisotopic (exact) mass is 491 g/mol. The Bertz CT molecular complexity index is 1220. The highest BCUT2D eigenvalue weighted by Gasteiger charge is 2.47. The molecule has 0 radical (unpaired) electrons. The van der Waals surface area contributed by atoms with Crippen LogP contribution in [0.25, 0.3) is 0 Å². The Labute approximate surface area is 188 Å². The molecule has 0 spiro atoms. The molecular weight excluding hydrogens is 471 g/mol. The van der Waals surface area contributed by atoms with Crippen molar-refractivity contribution in [2.24, 2.45) is 0 Å². The number of benzene rings is 2. The number of amides is 1. The van der Waals surface area contributed by atoms with Crippen molar-refractivity contribution in [2.75, 3.05) is 5.32 Å². The standard InChI is InChI=1S/C21H21ClF3NO5S/c1-10-13(11(2)27)9-14(20(3,4)5)18(28)17(10)19(29)26-16-7-6-12(8-15(16)22)32(30,31)21(23,24)25/h6-9,28H,1-5H3,(H,26,29). The number of alkyl halides is 3. The Balaban J connectivity index is 2.57. The summed E-state index contributed by atoms with van der Waals surface area (Å²) in [6, 6.07) is 3.64. The second-order valence-electron chi connectivity index (χ2n) is 8.17. The van der Waals surface area contributed by atoms with Gasteiger partial charge in [-0.2, -0.15) is 13.2 Å². The van der Waals surface area contributed by atoms with Crippen LogP contribution in [0.1, 0.15) is 59.5 Å². The van der Waals surface area contributed by atoms with Gasteiger partial charge in [-0.1, -0.05) is 32.4 Å². The lowest BCUT2D eigenvalue weighted by Gasteiger charge is -2.24. The maximum atomic E-state index is 13.0. The molecule has 2 aromatic carbocycles. The van der Waals surface area contributed by atoms with Crippen LogP contribution in [-0.2, 0) is 15.3 Å². The summed E-state index contributed by atoms with van der Waals surface area (Å²) in [5, 5.41) is 12.7. The summed E-state index contributed by atoms with van der Waals surface area (Å²) in [6.07, 6.45) is 0. The number of hydrogen-bond donors (Lipinski definition) is 2. The van der Waals surface area contributed by atoms with Crippen LogP contribution in [0, 0.1) is 6.92 Å². The number of sulfone groups is 1. The van der Waals surface area contributed by atoms with Crippen LogP contribution in [0.4, 0.5) is 18.9 Å². The largest absolute Gasteiger partial charge is 0.507 e. The molecule has 2 aromatic rings. The summed E-state index contributed by atoms with van der Waals surface area (Å²) >= 11 is 5.92. The fourth-order valence-corrected chi connectivity index (χ4v) is 4.15. The number of hydrogen-bond acceptors (Lipinski definition) is 5. The first-order valence-corrected chi connectivity index (χ1v) is 11.1. The summed E-state index contributed by atoms with van der Waals surface area (Å²) in [7, 11) is -5.62. The molecule has 11 heteroatoms. The third kappa shape index (κ3) is 4.75. The maximum Gasteiger partial charge on any atom is 0.501 e. The van der Waals surface area contributed by atoms with Gasteiger partial charge in [0.25, 0.3) is 15.7 Å². The Morgan fingerprint density at radius 1 is 1.09 bits per heavy atom. The smallest absolute Gasteiger partial charge is 0.501 e. The van der Waals surface area contributed by atoms with Gasteiger partial charge >= 0.3 is 5.51 Å². The van der Waals surface area contributed by atoms with Gasteiger partial charge in [-0.25, -0.2) is 8.42 Å². The molecule has 174 valence electrons. The number of halogens is 4. The fraction of sp³-hybridized carbons (Fsp3) is 0.333. The molecule has 2 rings (SSSR count). The van der Waals surface area contributed by atoms with Gasteiger partial charge < -0.3 is 10.4 Å². The average Bonchev–Trinajstić information content (AvgIpc) is 2.61. The molecule has 0 fully saturated rings. The van der Waals surface area contributed by atoms with E-state index in [1.54, 1.807) is 20.8 Å².